The summed E-state index contributed by atoms with van der Waals surface area (Å²) in [4.78, 5) is 0. The van der Waals surface area contributed by atoms with Gasteiger partial charge in [0.05, 0.1) is 19.8 Å². The van der Waals surface area contributed by atoms with E-state index in [2.05, 4.69) is 15.9 Å². The Labute approximate surface area is 111 Å². The van der Waals surface area contributed by atoms with Gasteiger partial charge in [-0.05, 0) is 31.5 Å². The van der Waals surface area contributed by atoms with Crippen LogP contribution < -0.4 is 9.47 Å². The lowest BCUT2D eigenvalue weighted by molar-refractivity contribution is 0.0547. The van der Waals surface area contributed by atoms with Crippen LogP contribution in [0.4, 0.5) is 0 Å². The molecule has 4 heteroatoms. The number of methoxy groups -OCH3 is 1. The van der Waals surface area contributed by atoms with Crippen LogP contribution in [0.25, 0.3) is 0 Å². The number of ether oxygens (including phenoxy) is 3. The predicted octanol–water partition coefficient (Wildman–Crippen LogP) is 3.39. The summed E-state index contributed by atoms with van der Waals surface area (Å²) >= 11 is 3.42. The smallest absolute Gasteiger partial charge is 0.161 e. The molecule has 0 saturated carbocycles. The maximum atomic E-state index is 5.65. The third-order valence-electron chi connectivity index (χ3n) is 2.17. The second-order valence-corrected chi connectivity index (χ2v) is 4.45. The zero-order valence-electron chi connectivity index (χ0n) is 10.5. The van der Waals surface area contributed by atoms with Gasteiger partial charge in [0.1, 0.15) is 6.61 Å². The average Bonchev–Trinajstić information content (AvgIpc) is 2.34. The van der Waals surface area contributed by atoms with Crippen LogP contribution in [0.3, 0.4) is 0 Å². The van der Waals surface area contributed by atoms with Crippen molar-refractivity contribution in [3.63, 3.8) is 0 Å². The first-order valence-electron chi connectivity index (χ1n) is 5.64. The van der Waals surface area contributed by atoms with Crippen LogP contribution in [0.2, 0.25) is 0 Å². The second-order valence-electron chi connectivity index (χ2n) is 3.89. The van der Waals surface area contributed by atoms with Crippen molar-refractivity contribution in [3.8, 4) is 11.5 Å². The summed E-state index contributed by atoms with van der Waals surface area (Å²) in [7, 11) is 1.64. The molecule has 3 nitrogen and oxygen atoms in total. The molecule has 0 bridgehead atoms. The van der Waals surface area contributed by atoms with Gasteiger partial charge in [0.2, 0.25) is 0 Å². The molecule has 0 atom stereocenters. The molecule has 1 aromatic rings. The molecule has 0 heterocycles. The minimum absolute atomic E-state index is 0.231. The van der Waals surface area contributed by atoms with Crippen LogP contribution in [0.1, 0.15) is 19.4 Å². The molecule has 0 aliphatic heterocycles. The average molecular weight is 303 g/mol. The predicted molar refractivity (Wildman–Crippen MR) is 72.2 cm³/mol. The van der Waals surface area contributed by atoms with Gasteiger partial charge in [-0.15, -0.1) is 0 Å². The number of hydrogen-bond acceptors (Lipinski definition) is 3. The molecule has 1 aromatic carbocycles. The molecule has 17 heavy (non-hydrogen) atoms. The SMILES string of the molecule is COc1ccc(CBr)cc1OCCOC(C)C. The number of benzene rings is 1. The molecule has 0 N–H and O–H groups in total. The molecule has 0 radical (unpaired) electrons. The molecular formula is C13H19BrO3. The van der Waals surface area contributed by atoms with Gasteiger partial charge in [-0.25, -0.2) is 0 Å². The van der Waals surface area contributed by atoms with E-state index in [1.165, 1.54) is 0 Å². The number of halogens is 1. The van der Waals surface area contributed by atoms with Crippen molar-refractivity contribution in [2.75, 3.05) is 20.3 Å². The summed E-state index contributed by atoms with van der Waals surface area (Å²) in [5.41, 5.74) is 1.16. The Bertz CT molecular complexity index is 339. The molecule has 0 fully saturated rings. The molecular weight excluding hydrogens is 284 g/mol. The number of hydrogen-bond donors (Lipinski definition) is 0. The molecule has 96 valence electrons. The lowest BCUT2D eigenvalue weighted by Crippen LogP contribution is -2.11. The Hall–Kier alpha value is -0.740. The normalized spacial score (nSPS) is 10.6. The monoisotopic (exact) mass is 302 g/mol. The molecule has 0 spiro atoms. The Morgan fingerprint density at radius 1 is 1.18 bits per heavy atom. The van der Waals surface area contributed by atoms with Gasteiger partial charge in [0.15, 0.2) is 11.5 Å². The lowest BCUT2D eigenvalue weighted by Gasteiger charge is -2.12. The first-order chi connectivity index (χ1) is 8.17. The number of rotatable bonds is 7. The van der Waals surface area contributed by atoms with Gasteiger partial charge in [-0.1, -0.05) is 22.0 Å². The van der Waals surface area contributed by atoms with Crippen molar-refractivity contribution in [3.05, 3.63) is 23.8 Å². The summed E-state index contributed by atoms with van der Waals surface area (Å²) in [5.74, 6) is 1.51. The number of alkyl halides is 1. The molecule has 0 aromatic heterocycles. The van der Waals surface area contributed by atoms with E-state index in [1.54, 1.807) is 7.11 Å². The summed E-state index contributed by atoms with van der Waals surface area (Å²) in [6.45, 7) is 5.12. The van der Waals surface area contributed by atoms with Crippen molar-refractivity contribution in [1.29, 1.82) is 0 Å². The van der Waals surface area contributed by atoms with E-state index in [0.717, 1.165) is 22.4 Å². The first-order valence-corrected chi connectivity index (χ1v) is 6.76. The summed E-state index contributed by atoms with van der Waals surface area (Å²) < 4.78 is 16.3. The van der Waals surface area contributed by atoms with E-state index < -0.39 is 0 Å². The van der Waals surface area contributed by atoms with Crippen LogP contribution in [0, 0.1) is 0 Å². The van der Waals surface area contributed by atoms with E-state index in [9.17, 15) is 0 Å². The van der Waals surface area contributed by atoms with E-state index in [-0.39, 0.29) is 6.10 Å². The van der Waals surface area contributed by atoms with Crippen LogP contribution >= 0.6 is 15.9 Å². The Kier molecular flexibility index (Phi) is 6.37. The summed E-state index contributed by atoms with van der Waals surface area (Å²) in [6.07, 6.45) is 0.231. The van der Waals surface area contributed by atoms with Crippen LogP contribution in [-0.4, -0.2) is 26.4 Å². The molecule has 0 aliphatic rings. The third kappa shape index (κ3) is 4.96. The van der Waals surface area contributed by atoms with E-state index in [4.69, 9.17) is 14.2 Å². The van der Waals surface area contributed by atoms with Crippen LogP contribution in [0.5, 0.6) is 11.5 Å². The molecule has 0 amide bonds. The maximum absolute atomic E-state index is 5.65. The quantitative estimate of drug-likeness (QED) is 0.571. The third-order valence-corrected chi connectivity index (χ3v) is 2.82. The Morgan fingerprint density at radius 2 is 1.94 bits per heavy atom. The first kappa shape index (κ1) is 14.3. The molecule has 0 saturated heterocycles. The highest BCUT2D eigenvalue weighted by Gasteiger charge is 2.05. The lowest BCUT2D eigenvalue weighted by atomic mass is 10.2. The van der Waals surface area contributed by atoms with Gasteiger partial charge in [-0.2, -0.15) is 0 Å². The van der Waals surface area contributed by atoms with Crippen molar-refractivity contribution >= 4 is 15.9 Å². The van der Waals surface area contributed by atoms with Gasteiger partial charge < -0.3 is 14.2 Å². The van der Waals surface area contributed by atoms with E-state index >= 15 is 0 Å². The minimum Gasteiger partial charge on any atom is -0.493 e. The van der Waals surface area contributed by atoms with Crippen molar-refractivity contribution in [1.82, 2.24) is 0 Å². The van der Waals surface area contributed by atoms with Gasteiger partial charge in [0, 0.05) is 5.33 Å². The standard InChI is InChI=1S/C13H19BrO3/c1-10(2)16-6-7-17-13-8-11(9-14)4-5-12(13)15-3/h4-5,8,10H,6-7,9H2,1-3H3. The Morgan fingerprint density at radius 3 is 2.53 bits per heavy atom. The topological polar surface area (TPSA) is 27.7 Å². The summed E-state index contributed by atoms with van der Waals surface area (Å²) in [6, 6.07) is 5.89. The zero-order valence-corrected chi connectivity index (χ0v) is 12.1. The molecule has 1 rings (SSSR count). The second kappa shape index (κ2) is 7.56. The van der Waals surface area contributed by atoms with E-state index in [0.29, 0.717) is 13.2 Å². The van der Waals surface area contributed by atoms with Crippen molar-refractivity contribution in [2.24, 2.45) is 0 Å². The molecule has 0 unspecified atom stereocenters. The molecule has 0 aliphatic carbocycles. The minimum atomic E-state index is 0.231. The fourth-order valence-electron chi connectivity index (χ4n) is 1.35. The fraction of sp³-hybridized carbons (Fsp3) is 0.538. The van der Waals surface area contributed by atoms with E-state index in [1.807, 2.05) is 32.0 Å². The highest BCUT2D eigenvalue weighted by atomic mass is 79.9. The Balaban J connectivity index is 2.55. The fourth-order valence-corrected chi connectivity index (χ4v) is 1.70. The van der Waals surface area contributed by atoms with Gasteiger partial charge in [-0.3, -0.25) is 0 Å². The van der Waals surface area contributed by atoms with Crippen molar-refractivity contribution in [2.45, 2.75) is 25.3 Å². The summed E-state index contributed by atoms with van der Waals surface area (Å²) in [5, 5.41) is 0.801. The zero-order chi connectivity index (χ0) is 12.7. The van der Waals surface area contributed by atoms with Crippen molar-refractivity contribution < 1.29 is 14.2 Å². The highest BCUT2D eigenvalue weighted by molar-refractivity contribution is 9.08. The van der Waals surface area contributed by atoms with Gasteiger partial charge >= 0.3 is 0 Å². The van der Waals surface area contributed by atoms with Crippen LogP contribution in [-0.2, 0) is 10.1 Å². The van der Waals surface area contributed by atoms with Gasteiger partial charge in [0.25, 0.3) is 0 Å². The largest absolute Gasteiger partial charge is 0.493 e. The van der Waals surface area contributed by atoms with Crippen LogP contribution in [0.15, 0.2) is 18.2 Å². The highest BCUT2D eigenvalue weighted by Crippen LogP contribution is 2.28. The maximum Gasteiger partial charge on any atom is 0.161 e.